The molecule has 1 aliphatic heterocycles. The van der Waals surface area contributed by atoms with Gasteiger partial charge in [-0.05, 0) is 62.0 Å². The molecule has 2 rings (SSSR count). The molecule has 1 saturated heterocycles. The molecule has 0 bridgehead atoms. The molecule has 0 saturated carbocycles. The van der Waals surface area contributed by atoms with Crippen molar-refractivity contribution in [3.8, 4) is 0 Å². The first-order chi connectivity index (χ1) is 6.75. The van der Waals surface area contributed by atoms with E-state index in [-0.39, 0.29) is 0 Å². The van der Waals surface area contributed by atoms with Crippen LogP contribution in [-0.4, -0.2) is 13.1 Å². The summed E-state index contributed by atoms with van der Waals surface area (Å²) >= 11 is 5.92. The largest absolute Gasteiger partial charge is 0.316 e. The highest BCUT2D eigenvalue weighted by atomic mass is 35.5. The lowest BCUT2D eigenvalue weighted by Crippen LogP contribution is -2.11. The van der Waals surface area contributed by atoms with Crippen molar-refractivity contribution in [1.82, 2.24) is 5.32 Å². The summed E-state index contributed by atoms with van der Waals surface area (Å²) in [5, 5.41) is 4.24. The van der Waals surface area contributed by atoms with Crippen LogP contribution in [0, 0.1) is 12.8 Å². The molecule has 0 spiro atoms. The Kier molecular flexibility index (Phi) is 3.09. The molecule has 14 heavy (non-hydrogen) atoms. The third-order valence-electron chi connectivity index (χ3n) is 2.98. The molecule has 1 aromatic rings. The molecule has 0 aromatic heterocycles. The van der Waals surface area contributed by atoms with Crippen molar-refractivity contribution in [3.05, 3.63) is 34.3 Å². The lowest BCUT2D eigenvalue weighted by atomic mass is 9.96. The summed E-state index contributed by atoms with van der Waals surface area (Å²) in [5.41, 5.74) is 2.77. The van der Waals surface area contributed by atoms with E-state index in [4.69, 9.17) is 11.6 Å². The van der Waals surface area contributed by atoms with E-state index in [1.807, 2.05) is 6.07 Å². The van der Waals surface area contributed by atoms with Crippen molar-refractivity contribution in [2.45, 2.75) is 19.8 Å². The first kappa shape index (κ1) is 10.0. The molecule has 1 aliphatic rings. The monoisotopic (exact) mass is 209 g/mol. The van der Waals surface area contributed by atoms with Crippen LogP contribution in [0.25, 0.3) is 0 Å². The second kappa shape index (κ2) is 4.33. The minimum atomic E-state index is 0.815. The minimum absolute atomic E-state index is 0.815. The highest BCUT2D eigenvalue weighted by Crippen LogP contribution is 2.20. The fraction of sp³-hybridized carbons (Fsp3) is 0.500. The zero-order valence-electron chi connectivity index (χ0n) is 8.52. The molecule has 1 heterocycles. The van der Waals surface area contributed by atoms with Gasteiger partial charge in [-0.3, -0.25) is 0 Å². The molecule has 0 aliphatic carbocycles. The van der Waals surface area contributed by atoms with Gasteiger partial charge in [0, 0.05) is 5.02 Å². The number of rotatable bonds is 2. The molecular weight excluding hydrogens is 194 g/mol. The number of hydrogen-bond donors (Lipinski definition) is 1. The van der Waals surface area contributed by atoms with Crippen molar-refractivity contribution in [2.24, 2.45) is 5.92 Å². The van der Waals surface area contributed by atoms with E-state index in [9.17, 15) is 0 Å². The van der Waals surface area contributed by atoms with Crippen LogP contribution in [0.3, 0.4) is 0 Å². The smallest absolute Gasteiger partial charge is 0.0408 e. The topological polar surface area (TPSA) is 12.0 Å². The average Bonchev–Trinajstić information content (AvgIpc) is 2.62. The van der Waals surface area contributed by atoms with Gasteiger partial charge in [0.2, 0.25) is 0 Å². The van der Waals surface area contributed by atoms with Crippen LogP contribution in [0.15, 0.2) is 18.2 Å². The zero-order valence-corrected chi connectivity index (χ0v) is 9.27. The molecule has 76 valence electrons. The van der Waals surface area contributed by atoms with Crippen molar-refractivity contribution < 1.29 is 0 Å². The lowest BCUT2D eigenvalue weighted by Gasteiger charge is -2.10. The first-order valence-electron chi connectivity index (χ1n) is 5.21. The Bertz CT molecular complexity index is 316. The maximum Gasteiger partial charge on any atom is 0.0408 e. The van der Waals surface area contributed by atoms with Gasteiger partial charge in [0.25, 0.3) is 0 Å². The summed E-state index contributed by atoms with van der Waals surface area (Å²) in [5.74, 6) is 0.815. The average molecular weight is 210 g/mol. The summed E-state index contributed by atoms with van der Waals surface area (Å²) in [6.07, 6.45) is 2.50. The van der Waals surface area contributed by atoms with Crippen LogP contribution in [0.4, 0.5) is 0 Å². The highest BCUT2D eigenvalue weighted by molar-refractivity contribution is 6.30. The predicted molar refractivity (Wildman–Crippen MR) is 60.9 cm³/mol. The normalized spacial score (nSPS) is 21.4. The fourth-order valence-corrected chi connectivity index (χ4v) is 2.31. The Balaban J connectivity index is 2.08. The van der Waals surface area contributed by atoms with Crippen LogP contribution >= 0.6 is 11.6 Å². The predicted octanol–water partition coefficient (Wildman–Crippen LogP) is 2.80. The quantitative estimate of drug-likeness (QED) is 0.790. The molecule has 1 unspecified atom stereocenters. The van der Waals surface area contributed by atoms with Gasteiger partial charge in [0.05, 0.1) is 0 Å². The van der Waals surface area contributed by atoms with Crippen molar-refractivity contribution >= 4 is 11.6 Å². The highest BCUT2D eigenvalue weighted by Gasteiger charge is 2.15. The third-order valence-corrected chi connectivity index (χ3v) is 3.21. The van der Waals surface area contributed by atoms with Gasteiger partial charge in [-0.15, -0.1) is 0 Å². The van der Waals surface area contributed by atoms with Crippen LogP contribution in [0.5, 0.6) is 0 Å². The van der Waals surface area contributed by atoms with E-state index < -0.39 is 0 Å². The standard InChI is InChI=1S/C12H16ClN/c1-9-6-12(13)3-2-11(9)7-10-4-5-14-8-10/h2-3,6,10,14H,4-5,7-8H2,1H3. The summed E-state index contributed by atoms with van der Waals surface area (Å²) < 4.78 is 0. The Morgan fingerprint density at radius 1 is 1.50 bits per heavy atom. The van der Waals surface area contributed by atoms with Gasteiger partial charge >= 0.3 is 0 Å². The van der Waals surface area contributed by atoms with Crippen LogP contribution in [0.2, 0.25) is 5.02 Å². The van der Waals surface area contributed by atoms with E-state index in [0.29, 0.717) is 0 Å². The Hall–Kier alpha value is -0.530. The molecule has 2 heteroatoms. The Morgan fingerprint density at radius 3 is 3.00 bits per heavy atom. The van der Waals surface area contributed by atoms with Gasteiger partial charge in [-0.25, -0.2) is 0 Å². The second-order valence-electron chi connectivity index (χ2n) is 4.13. The van der Waals surface area contributed by atoms with E-state index in [2.05, 4.69) is 24.4 Å². The van der Waals surface area contributed by atoms with Crippen LogP contribution < -0.4 is 5.32 Å². The summed E-state index contributed by atoms with van der Waals surface area (Å²) in [6.45, 7) is 4.49. The van der Waals surface area contributed by atoms with E-state index in [1.165, 1.54) is 37.1 Å². The molecule has 1 atom stereocenters. The van der Waals surface area contributed by atoms with Crippen molar-refractivity contribution in [1.29, 1.82) is 0 Å². The number of nitrogens with one attached hydrogen (secondary N) is 1. The molecule has 1 aromatic carbocycles. The zero-order chi connectivity index (χ0) is 9.97. The van der Waals surface area contributed by atoms with Gasteiger partial charge in [0.15, 0.2) is 0 Å². The molecule has 1 fully saturated rings. The van der Waals surface area contributed by atoms with E-state index in [0.717, 1.165) is 10.9 Å². The SMILES string of the molecule is Cc1cc(Cl)ccc1CC1CCNC1. The van der Waals surface area contributed by atoms with Crippen molar-refractivity contribution in [2.75, 3.05) is 13.1 Å². The van der Waals surface area contributed by atoms with Crippen LogP contribution in [-0.2, 0) is 6.42 Å². The van der Waals surface area contributed by atoms with E-state index in [1.54, 1.807) is 0 Å². The van der Waals surface area contributed by atoms with Gasteiger partial charge in [0.1, 0.15) is 0 Å². The molecule has 1 N–H and O–H groups in total. The minimum Gasteiger partial charge on any atom is -0.316 e. The summed E-state index contributed by atoms with van der Waals surface area (Å²) in [6, 6.07) is 6.21. The number of benzene rings is 1. The Morgan fingerprint density at radius 2 is 2.36 bits per heavy atom. The fourth-order valence-electron chi connectivity index (χ4n) is 2.09. The van der Waals surface area contributed by atoms with Crippen molar-refractivity contribution in [3.63, 3.8) is 0 Å². The molecular formula is C12H16ClN. The Labute approximate surface area is 90.5 Å². The molecule has 1 nitrogen and oxygen atoms in total. The van der Waals surface area contributed by atoms with Gasteiger partial charge in [-0.1, -0.05) is 17.7 Å². The second-order valence-corrected chi connectivity index (χ2v) is 4.57. The van der Waals surface area contributed by atoms with E-state index >= 15 is 0 Å². The maximum absolute atomic E-state index is 5.92. The van der Waals surface area contributed by atoms with Crippen LogP contribution in [0.1, 0.15) is 17.5 Å². The number of hydrogen-bond acceptors (Lipinski definition) is 1. The number of aryl methyl sites for hydroxylation is 1. The van der Waals surface area contributed by atoms with Gasteiger partial charge < -0.3 is 5.32 Å². The molecule has 0 amide bonds. The summed E-state index contributed by atoms with van der Waals surface area (Å²) in [7, 11) is 0. The first-order valence-corrected chi connectivity index (χ1v) is 5.59. The summed E-state index contributed by atoms with van der Waals surface area (Å²) in [4.78, 5) is 0. The molecule has 0 radical (unpaired) electrons. The lowest BCUT2D eigenvalue weighted by molar-refractivity contribution is 0.578. The number of halogens is 1. The van der Waals surface area contributed by atoms with Gasteiger partial charge in [-0.2, -0.15) is 0 Å². The maximum atomic E-state index is 5.92. The third kappa shape index (κ3) is 2.28.